The fourth-order valence-electron chi connectivity index (χ4n) is 3.31. The van der Waals surface area contributed by atoms with Gasteiger partial charge in [-0.2, -0.15) is 0 Å². The summed E-state index contributed by atoms with van der Waals surface area (Å²) in [5, 5.41) is 3.61. The summed E-state index contributed by atoms with van der Waals surface area (Å²) in [6.07, 6.45) is 7.31. The molecule has 4 heteroatoms. The summed E-state index contributed by atoms with van der Waals surface area (Å²) in [4.78, 5) is 19.0. The summed E-state index contributed by atoms with van der Waals surface area (Å²) < 4.78 is 0. The van der Waals surface area contributed by atoms with Crippen LogP contribution < -0.4 is 5.32 Å². The number of aromatic nitrogens is 1. The third kappa shape index (κ3) is 2.85. The zero-order chi connectivity index (χ0) is 13.9. The van der Waals surface area contributed by atoms with E-state index in [9.17, 15) is 4.79 Å². The molecule has 2 bridgehead atoms. The molecular weight excluding hydrogens is 250 g/mol. The van der Waals surface area contributed by atoms with Gasteiger partial charge in [0.2, 0.25) is 0 Å². The number of hydrogen-bond donors (Lipinski definition) is 1. The molecule has 3 heterocycles. The van der Waals surface area contributed by atoms with Crippen molar-refractivity contribution in [3.05, 3.63) is 29.6 Å². The van der Waals surface area contributed by atoms with E-state index in [0.29, 0.717) is 12.1 Å². The van der Waals surface area contributed by atoms with Crippen LogP contribution in [0.1, 0.15) is 48.7 Å². The Labute approximate surface area is 120 Å². The highest BCUT2D eigenvalue weighted by molar-refractivity contribution is 5.94. The van der Waals surface area contributed by atoms with Gasteiger partial charge in [0, 0.05) is 42.6 Å². The molecule has 2 saturated heterocycles. The smallest absolute Gasteiger partial charge is 0.254 e. The van der Waals surface area contributed by atoms with Crippen LogP contribution in [0.4, 0.5) is 0 Å². The first kappa shape index (κ1) is 13.6. The number of hydrogen-bond acceptors (Lipinski definition) is 3. The first-order valence-corrected chi connectivity index (χ1v) is 7.76. The number of rotatable bonds is 3. The van der Waals surface area contributed by atoms with Gasteiger partial charge < -0.3 is 10.2 Å². The number of nitrogens with one attached hydrogen (secondary N) is 1. The van der Waals surface area contributed by atoms with E-state index in [4.69, 9.17) is 0 Å². The zero-order valence-corrected chi connectivity index (χ0v) is 12.1. The predicted molar refractivity (Wildman–Crippen MR) is 78.7 cm³/mol. The van der Waals surface area contributed by atoms with Gasteiger partial charge in [0.25, 0.3) is 5.91 Å². The maximum atomic E-state index is 12.7. The lowest BCUT2D eigenvalue weighted by atomic mass is 10.1. The maximum Gasteiger partial charge on any atom is 0.254 e. The molecule has 0 saturated carbocycles. The number of pyridine rings is 1. The topological polar surface area (TPSA) is 45.2 Å². The highest BCUT2D eigenvalue weighted by Gasteiger charge is 2.31. The molecule has 2 fully saturated rings. The molecule has 1 aromatic rings. The number of carbonyl (C=O) groups is 1. The van der Waals surface area contributed by atoms with Gasteiger partial charge >= 0.3 is 0 Å². The minimum Gasteiger partial charge on any atom is -0.337 e. The fraction of sp³-hybridized carbons (Fsp3) is 0.625. The summed E-state index contributed by atoms with van der Waals surface area (Å²) in [5.74, 6) is 0.166. The quantitative estimate of drug-likeness (QED) is 0.916. The zero-order valence-electron chi connectivity index (χ0n) is 12.1. The molecule has 0 aliphatic carbocycles. The van der Waals surface area contributed by atoms with Crippen molar-refractivity contribution in [2.45, 2.75) is 51.1 Å². The Bertz CT molecular complexity index is 488. The molecule has 2 atom stereocenters. The van der Waals surface area contributed by atoms with Crippen LogP contribution in [0.5, 0.6) is 0 Å². The molecule has 4 nitrogen and oxygen atoms in total. The van der Waals surface area contributed by atoms with Crippen LogP contribution >= 0.6 is 0 Å². The first-order chi connectivity index (χ1) is 9.76. The van der Waals surface area contributed by atoms with Gasteiger partial charge in [-0.1, -0.05) is 13.3 Å². The third-order valence-corrected chi connectivity index (χ3v) is 4.38. The first-order valence-electron chi connectivity index (χ1n) is 7.76. The Morgan fingerprint density at radius 2 is 2.25 bits per heavy atom. The van der Waals surface area contributed by atoms with Crippen molar-refractivity contribution in [3.63, 3.8) is 0 Å². The summed E-state index contributed by atoms with van der Waals surface area (Å²) in [5.41, 5.74) is 1.81. The molecule has 20 heavy (non-hydrogen) atoms. The largest absolute Gasteiger partial charge is 0.337 e. The van der Waals surface area contributed by atoms with Crippen molar-refractivity contribution in [1.29, 1.82) is 0 Å². The minimum atomic E-state index is 0.166. The summed E-state index contributed by atoms with van der Waals surface area (Å²) in [6, 6.07) is 4.91. The Kier molecular flexibility index (Phi) is 4.01. The van der Waals surface area contributed by atoms with Crippen LogP contribution in [0.15, 0.2) is 18.3 Å². The van der Waals surface area contributed by atoms with E-state index >= 15 is 0 Å². The number of likely N-dealkylation sites (tertiary alicyclic amines) is 1. The maximum absolute atomic E-state index is 12.7. The van der Waals surface area contributed by atoms with Gasteiger partial charge in [-0.3, -0.25) is 9.78 Å². The second-order valence-corrected chi connectivity index (χ2v) is 5.96. The molecule has 0 spiro atoms. The molecule has 1 aromatic heterocycles. The van der Waals surface area contributed by atoms with Crippen LogP contribution in [-0.4, -0.2) is 41.0 Å². The van der Waals surface area contributed by atoms with Gasteiger partial charge in [0.15, 0.2) is 0 Å². The Morgan fingerprint density at radius 1 is 1.40 bits per heavy atom. The van der Waals surface area contributed by atoms with E-state index in [1.54, 1.807) is 6.20 Å². The molecule has 2 aliphatic rings. The lowest BCUT2D eigenvalue weighted by Crippen LogP contribution is -2.39. The third-order valence-electron chi connectivity index (χ3n) is 4.38. The summed E-state index contributed by atoms with van der Waals surface area (Å²) >= 11 is 0. The highest BCUT2D eigenvalue weighted by Crippen LogP contribution is 2.21. The number of fused-ring (bicyclic) bond motifs is 2. The van der Waals surface area contributed by atoms with Crippen molar-refractivity contribution < 1.29 is 4.79 Å². The van der Waals surface area contributed by atoms with Gasteiger partial charge in [-0.15, -0.1) is 0 Å². The van der Waals surface area contributed by atoms with Crippen molar-refractivity contribution in [1.82, 2.24) is 15.2 Å². The molecule has 0 aromatic carbocycles. The average Bonchev–Trinajstić information content (AvgIpc) is 2.78. The molecule has 0 unspecified atom stereocenters. The predicted octanol–water partition coefficient (Wildman–Crippen LogP) is 2.00. The van der Waals surface area contributed by atoms with Crippen molar-refractivity contribution in [2.24, 2.45) is 0 Å². The SMILES string of the molecule is CCCc1cc(C(=O)N2CC[C@@H]3CC[C@H](C2)N3)ccn1. The number of carbonyl (C=O) groups excluding carboxylic acids is 1. The van der Waals surface area contributed by atoms with E-state index < -0.39 is 0 Å². The van der Waals surface area contributed by atoms with Gasteiger partial charge in [0.05, 0.1) is 0 Å². The van der Waals surface area contributed by atoms with Crippen LogP contribution in [0.25, 0.3) is 0 Å². The van der Waals surface area contributed by atoms with E-state index in [-0.39, 0.29) is 5.91 Å². The van der Waals surface area contributed by atoms with E-state index in [1.165, 1.54) is 12.8 Å². The molecule has 1 N–H and O–H groups in total. The lowest BCUT2D eigenvalue weighted by molar-refractivity contribution is 0.0748. The van der Waals surface area contributed by atoms with Crippen LogP contribution in [0.2, 0.25) is 0 Å². The second kappa shape index (κ2) is 5.92. The van der Waals surface area contributed by atoms with E-state index in [0.717, 1.165) is 43.6 Å². The highest BCUT2D eigenvalue weighted by atomic mass is 16.2. The monoisotopic (exact) mass is 273 g/mol. The van der Waals surface area contributed by atoms with Crippen molar-refractivity contribution in [3.8, 4) is 0 Å². The second-order valence-electron chi connectivity index (χ2n) is 5.96. The lowest BCUT2D eigenvalue weighted by Gasteiger charge is -2.24. The average molecular weight is 273 g/mol. The Hall–Kier alpha value is -1.42. The Balaban J connectivity index is 1.73. The molecule has 2 aliphatic heterocycles. The molecule has 0 radical (unpaired) electrons. The van der Waals surface area contributed by atoms with Gasteiger partial charge in [-0.05, 0) is 37.8 Å². The number of nitrogens with zero attached hydrogens (tertiary/aromatic N) is 2. The van der Waals surface area contributed by atoms with E-state index in [2.05, 4.69) is 17.2 Å². The number of aryl methyl sites for hydroxylation is 1. The Morgan fingerprint density at radius 3 is 3.10 bits per heavy atom. The fourth-order valence-corrected chi connectivity index (χ4v) is 3.31. The standard InChI is InChI=1S/C16H23N3O/c1-2-3-14-10-12(6-8-17-14)16(20)19-9-7-13-4-5-15(11-19)18-13/h6,8,10,13,15,18H,2-5,7,9,11H2,1H3/t13-,15+/m0/s1. The van der Waals surface area contributed by atoms with E-state index in [1.807, 2.05) is 17.0 Å². The van der Waals surface area contributed by atoms with Crippen LogP contribution in [0, 0.1) is 0 Å². The molecule has 108 valence electrons. The van der Waals surface area contributed by atoms with Gasteiger partial charge in [-0.25, -0.2) is 0 Å². The molecule has 1 amide bonds. The number of amides is 1. The van der Waals surface area contributed by atoms with Crippen LogP contribution in [0.3, 0.4) is 0 Å². The van der Waals surface area contributed by atoms with Crippen molar-refractivity contribution >= 4 is 5.91 Å². The summed E-state index contributed by atoms with van der Waals surface area (Å²) in [6.45, 7) is 3.85. The van der Waals surface area contributed by atoms with Gasteiger partial charge in [0.1, 0.15) is 0 Å². The minimum absolute atomic E-state index is 0.166. The normalized spacial score (nSPS) is 25.6. The van der Waals surface area contributed by atoms with Crippen LogP contribution in [-0.2, 0) is 6.42 Å². The molecular formula is C16H23N3O. The molecule has 3 rings (SSSR count). The summed E-state index contributed by atoms with van der Waals surface area (Å²) in [7, 11) is 0. The van der Waals surface area contributed by atoms with Crippen molar-refractivity contribution in [2.75, 3.05) is 13.1 Å².